The lowest BCUT2D eigenvalue weighted by atomic mass is 10.2. The smallest absolute Gasteiger partial charge is 0.457 e. The summed E-state index contributed by atoms with van der Waals surface area (Å²) in [7, 11) is -4.57. The van der Waals surface area contributed by atoms with Crippen LogP contribution in [0.3, 0.4) is 0 Å². The number of rotatable bonds is 45. The molecule has 0 rings (SSSR count). The number of phosphoric ester groups is 1. The minimum Gasteiger partial charge on any atom is -0.457 e. The van der Waals surface area contributed by atoms with Crippen LogP contribution in [0, 0.1) is 0 Å². The van der Waals surface area contributed by atoms with Crippen LogP contribution in [0.15, 0.2) is 170 Å². The number of ether oxygens (including phenoxy) is 2. The molecule has 0 aliphatic rings. The summed E-state index contributed by atoms with van der Waals surface area (Å²) in [6.07, 6.45) is 76.2. The Morgan fingerprint density at radius 1 is 0.456 bits per heavy atom. The zero-order valence-corrected chi connectivity index (χ0v) is 42.6. The van der Waals surface area contributed by atoms with Crippen LogP contribution in [-0.2, 0) is 27.9 Å². The fraction of sp³-hybridized carbons (Fsp3) is 0.500. The van der Waals surface area contributed by atoms with Crippen LogP contribution in [0.2, 0.25) is 0 Å². The van der Waals surface area contributed by atoms with Crippen molar-refractivity contribution in [2.75, 3.05) is 33.0 Å². The van der Waals surface area contributed by atoms with Crippen LogP contribution in [0.5, 0.6) is 0 Å². The molecule has 0 bridgehead atoms. The standard InChI is InChI=1S/C58H89O9P/c1-3-5-7-9-11-13-15-17-19-21-23-25-27-29-31-33-35-37-39-41-43-45-47-49-51-64-54-57(55-66-68(62,63)65-53-56(60)52-59)67-58(61)50-48-46-44-42-40-38-36-34-32-30-28-26-24-22-20-18-16-14-12-10-8-6-4-2/h5-8,11-14,17-20,23-26,29-32,35-38,41-44,56-57,59-60H,3-4,9-10,15-16,21-22,27-28,33-34,39-40,45-55H2,1-2H3,(H,62,63)/b7-5-,8-6-,13-11-,14-12-,19-17-,20-18-,25-23-,26-24-,31-29-,32-30-,37-35-,38-36-,43-41-,44-42-. The van der Waals surface area contributed by atoms with E-state index in [1.165, 1.54) is 0 Å². The molecule has 0 aliphatic carbocycles. The Morgan fingerprint density at radius 3 is 1.13 bits per heavy atom. The van der Waals surface area contributed by atoms with Gasteiger partial charge in [0.05, 0.1) is 26.4 Å². The SMILES string of the molecule is CC/C=C\C/C=C\C/C=C\C/C=C\C/C=C\C/C=C\C/C=C\CCCCOCC(COP(=O)(O)OCC(O)CO)OC(=O)CCC/C=C\C/C=C\C/C=C\C/C=C\C/C=C\C/C=C\C/C=C\CC. The van der Waals surface area contributed by atoms with Crippen LogP contribution in [-0.4, -0.2) is 66.3 Å². The Morgan fingerprint density at radius 2 is 0.779 bits per heavy atom. The number of hydrogen-bond donors (Lipinski definition) is 3. The highest BCUT2D eigenvalue weighted by Crippen LogP contribution is 2.43. The molecule has 0 aromatic carbocycles. The third-order valence-electron chi connectivity index (χ3n) is 9.40. The molecule has 0 aromatic heterocycles. The number of carbonyl (C=O) groups is 1. The first-order valence-corrected chi connectivity index (χ1v) is 26.6. The molecule has 9 nitrogen and oxygen atoms in total. The second kappa shape index (κ2) is 52.2. The Kier molecular flexibility index (Phi) is 49.0. The van der Waals surface area contributed by atoms with Crippen LogP contribution >= 0.6 is 7.82 Å². The Balaban J connectivity index is 4.36. The van der Waals surface area contributed by atoms with Crippen molar-refractivity contribution in [3.63, 3.8) is 0 Å². The van der Waals surface area contributed by atoms with Gasteiger partial charge < -0.3 is 24.6 Å². The number of unbranched alkanes of at least 4 members (excludes halogenated alkanes) is 3. The van der Waals surface area contributed by atoms with Gasteiger partial charge >= 0.3 is 13.8 Å². The molecule has 68 heavy (non-hydrogen) atoms. The van der Waals surface area contributed by atoms with Crippen LogP contribution in [0.25, 0.3) is 0 Å². The molecule has 0 heterocycles. The Hall–Kier alpha value is -4.18. The summed E-state index contributed by atoms with van der Waals surface area (Å²) < 4.78 is 33.4. The maximum absolute atomic E-state index is 12.7. The highest BCUT2D eigenvalue weighted by Gasteiger charge is 2.26. The van der Waals surface area contributed by atoms with Crippen LogP contribution in [0.4, 0.5) is 0 Å². The van der Waals surface area contributed by atoms with Gasteiger partial charge in [0.25, 0.3) is 0 Å². The van der Waals surface area contributed by atoms with E-state index in [-0.39, 0.29) is 13.0 Å². The van der Waals surface area contributed by atoms with Crippen molar-refractivity contribution in [1.29, 1.82) is 0 Å². The second-order valence-corrected chi connectivity index (χ2v) is 17.2. The summed E-state index contributed by atoms with van der Waals surface area (Å²) in [6, 6.07) is 0. The van der Waals surface area contributed by atoms with E-state index in [4.69, 9.17) is 23.6 Å². The number of aliphatic hydroxyl groups is 2. The molecule has 0 amide bonds. The molecule has 0 spiro atoms. The number of carbonyl (C=O) groups excluding carboxylic acids is 1. The Bertz CT molecular complexity index is 1650. The first-order chi connectivity index (χ1) is 33.3. The molecule has 0 saturated carbocycles. The zero-order valence-electron chi connectivity index (χ0n) is 41.7. The second-order valence-electron chi connectivity index (χ2n) is 15.7. The maximum atomic E-state index is 12.7. The fourth-order valence-electron chi connectivity index (χ4n) is 5.68. The fourth-order valence-corrected chi connectivity index (χ4v) is 6.46. The lowest BCUT2D eigenvalue weighted by Gasteiger charge is -2.20. The summed E-state index contributed by atoms with van der Waals surface area (Å²) in [5.41, 5.74) is 0. The molecule has 10 heteroatoms. The average molecular weight is 961 g/mol. The molecule has 0 fully saturated rings. The van der Waals surface area contributed by atoms with E-state index < -0.39 is 45.8 Å². The normalized spacial score (nSPS) is 15.2. The van der Waals surface area contributed by atoms with Crippen molar-refractivity contribution in [2.45, 2.75) is 154 Å². The summed E-state index contributed by atoms with van der Waals surface area (Å²) in [4.78, 5) is 22.7. The monoisotopic (exact) mass is 961 g/mol. The number of phosphoric acid groups is 1. The molecule has 3 unspecified atom stereocenters. The predicted octanol–water partition coefficient (Wildman–Crippen LogP) is 15.0. The van der Waals surface area contributed by atoms with Crippen LogP contribution in [0.1, 0.15) is 142 Å². The quantitative estimate of drug-likeness (QED) is 0.0236. The van der Waals surface area contributed by atoms with E-state index in [0.29, 0.717) is 19.4 Å². The van der Waals surface area contributed by atoms with E-state index in [1.807, 2.05) is 6.08 Å². The van der Waals surface area contributed by atoms with Crippen molar-refractivity contribution < 1.29 is 43.0 Å². The predicted molar refractivity (Wildman–Crippen MR) is 287 cm³/mol. The third kappa shape index (κ3) is 51.2. The number of aliphatic hydroxyl groups excluding tert-OH is 2. The molecule has 0 saturated heterocycles. The number of hydrogen-bond acceptors (Lipinski definition) is 8. The molecular weight excluding hydrogens is 872 g/mol. The van der Waals surface area contributed by atoms with Gasteiger partial charge in [-0.05, 0) is 122 Å². The maximum Gasteiger partial charge on any atom is 0.472 e. The van der Waals surface area contributed by atoms with Gasteiger partial charge in [0.15, 0.2) is 0 Å². The largest absolute Gasteiger partial charge is 0.472 e. The minimum atomic E-state index is -4.57. The molecule has 0 aromatic rings. The third-order valence-corrected chi connectivity index (χ3v) is 10.3. The summed E-state index contributed by atoms with van der Waals surface area (Å²) in [5.74, 6) is -0.464. The van der Waals surface area contributed by atoms with Crippen molar-refractivity contribution in [3.8, 4) is 0 Å². The first-order valence-electron chi connectivity index (χ1n) is 25.1. The van der Waals surface area contributed by atoms with Crippen molar-refractivity contribution in [3.05, 3.63) is 170 Å². The van der Waals surface area contributed by atoms with Gasteiger partial charge in [0.1, 0.15) is 12.2 Å². The Labute approximate surface area is 412 Å². The average Bonchev–Trinajstić information content (AvgIpc) is 3.33. The molecule has 3 N–H and O–H groups in total. The van der Waals surface area contributed by atoms with Gasteiger partial charge in [0, 0.05) is 13.0 Å². The van der Waals surface area contributed by atoms with E-state index >= 15 is 0 Å². The van der Waals surface area contributed by atoms with Crippen LogP contribution < -0.4 is 0 Å². The van der Waals surface area contributed by atoms with Gasteiger partial charge in [-0.25, -0.2) is 4.57 Å². The molecular formula is C58H89O9P. The highest BCUT2D eigenvalue weighted by molar-refractivity contribution is 7.47. The van der Waals surface area contributed by atoms with E-state index in [2.05, 4.69) is 178 Å². The topological polar surface area (TPSA) is 132 Å². The van der Waals surface area contributed by atoms with E-state index in [0.717, 1.165) is 109 Å². The zero-order chi connectivity index (χ0) is 49.5. The highest BCUT2D eigenvalue weighted by atomic mass is 31.2. The minimum absolute atomic E-state index is 0.0185. The molecule has 3 atom stereocenters. The van der Waals surface area contributed by atoms with Crippen molar-refractivity contribution in [2.24, 2.45) is 0 Å². The molecule has 380 valence electrons. The van der Waals surface area contributed by atoms with E-state index in [1.54, 1.807) is 0 Å². The van der Waals surface area contributed by atoms with Gasteiger partial charge in [-0.3, -0.25) is 13.8 Å². The van der Waals surface area contributed by atoms with Crippen molar-refractivity contribution in [1.82, 2.24) is 0 Å². The summed E-state index contributed by atoms with van der Waals surface area (Å²) in [6.45, 7) is 3.04. The van der Waals surface area contributed by atoms with Gasteiger partial charge in [-0.1, -0.05) is 184 Å². The van der Waals surface area contributed by atoms with Gasteiger partial charge in [0.2, 0.25) is 0 Å². The summed E-state index contributed by atoms with van der Waals surface area (Å²) in [5, 5.41) is 18.4. The van der Waals surface area contributed by atoms with Crippen molar-refractivity contribution >= 4 is 13.8 Å². The van der Waals surface area contributed by atoms with Gasteiger partial charge in [-0.2, -0.15) is 0 Å². The van der Waals surface area contributed by atoms with E-state index in [9.17, 15) is 19.4 Å². The lowest BCUT2D eigenvalue weighted by Crippen LogP contribution is -2.29. The number of esters is 1. The number of allylic oxidation sites excluding steroid dienone is 28. The molecule has 0 radical (unpaired) electrons. The first kappa shape index (κ1) is 63.8. The lowest BCUT2D eigenvalue weighted by molar-refractivity contribution is -0.154. The van der Waals surface area contributed by atoms with Gasteiger partial charge in [-0.15, -0.1) is 0 Å². The summed E-state index contributed by atoms with van der Waals surface area (Å²) >= 11 is 0. The molecule has 0 aliphatic heterocycles.